The van der Waals surface area contributed by atoms with E-state index < -0.39 is 0 Å². The van der Waals surface area contributed by atoms with Crippen LogP contribution in [0.1, 0.15) is 12.7 Å². The van der Waals surface area contributed by atoms with Gasteiger partial charge in [0, 0.05) is 0 Å². The van der Waals surface area contributed by atoms with E-state index in [1.807, 2.05) is 0 Å². The van der Waals surface area contributed by atoms with Gasteiger partial charge in [-0.25, -0.2) is 0 Å². The van der Waals surface area contributed by atoms with Crippen molar-refractivity contribution in [2.75, 3.05) is 5.73 Å². The summed E-state index contributed by atoms with van der Waals surface area (Å²) >= 11 is 2.56. The van der Waals surface area contributed by atoms with Gasteiger partial charge < -0.3 is 0 Å². The second-order valence-electron chi connectivity index (χ2n) is 3.18. The van der Waals surface area contributed by atoms with E-state index in [4.69, 9.17) is 5.73 Å². The Morgan fingerprint density at radius 1 is 1.57 bits per heavy atom. The molecule has 0 aromatic carbocycles. The summed E-state index contributed by atoms with van der Waals surface area (Å²) in [5, 5.41) is 0. The second kappa shape index (κ2) is 3.58. The number of anilines is 1. The monoisotopic (exact) mass is 251 g/mol. The van der Waals surface area contributed by atoms with Crippen LogP contribution in [0.4, 0.5) is 5.82 Å². The normalized spacial score (nSPS) is 13.3. The maximum atomic E-state index is 5.75. The van der Waals surface area contributed by atoms with Crippen LogP contribution in [0.25, 0.3) is 11.2 Å². The van der Waals surface area contributed by atoms with Gasteiger partial charge in [0.25, 0.3) is 0 Å². The molecule has 1 atom stereocenters. The number of nitrogen functional groups attached to an aromatic ring is 1. The molecule has 2 radical (unpaired) electrons. The number of H-pyrrole nitrogens is 1. The average molecular weight is 251 g/mol. The van der Waals surface area contributed by atoms with Gasteiger partial charge in [0.15, 0.2) is 0 Å². The van der Waals surface area contributed by atoms with Gasteiger partial charge in [-0.2, -0.15) is 0 Å². The van der Waals surface area contributed by atoms with Crippen LogP contribution in [0.3, 0.4) is 0 Å². The summed E-state index contributed by atoms with van der Waals surface area (Å²) in [5.74, 6) is 1.21. The topological polar surface area (TPSA) is 80.5 Å². The summed E-state index contributed by atoms with van der Waals surface area (Å²) in [6, 6.07) is 0. The van der Waals surface area contributed by atoms with Crippen LogP contribution in [-0.4, -0.2) is 36.8 Å². The van der Waals surface area contributed by atoms with E-state index in [0.29, 0.717) is 21.7 Å². The van der Waals surface area contributed by atoms with E-state index in [1.54, 1.807) is 6.33 Å². The summed E-state index contributed by atoms with van der Waals surface area (Å²) in [6.45, 7) is 2.09. The molecule has 2 rings (SSSR count). The minimum atomic E-state index is 0.457. The number of nitrogens with zero attached hydrogens (tertiary/aromatic N) is 3. The number of aromatic amines is 1. The second-order valence-corrected chi connectivity index (χ2v) is 5.03. The molecule has 6 heteroatoms. The fourth-order valence-electron chi connectivity index (χ4n) is 1.26. The van der Waals surface area contributed by atoms with Gasteiger partial charge in [-0.15, -0.1) is 0 Å². The number of hydrogen-bond donors (Lipinski definition) is 2. The summed E-state index contributed by atoms with van der Waals surface area (Å²) in [4.78, 5) is 15.5. The molecule has 0 saturated heterocycles. The van der Waals surface area contributed by atoms with Crippen LogP contribution in [0.2, 0.25) is 4.71 Å². The third kappa shape index (κ3) is 1.73. The van der Waals surface area contributed by atoms with Gasteiger partial charge in [0.2, 0.25) is 0 Å². The van der Waals surface area contributed by atoms with E-state index >= 15 is 0 Å². The van der Waals surface area contributed by atoms with Crippen LogP contribution < -0.4 is 5.73 Å². The molecule has 2 heterocycles. The van der Waals surface area contributed by atoms with E-state index in [-0.39, 0.29) is 0 Å². The molecule has 1 unspecified atom stereocenters. The SMILES string of the molecule is CC([As])Cc1nc(N)c2[nH]cnc2n1. The summed E-state index contributed by atoms with van der Waals surface area (Å²) < 4.78 is 0.457. The Balaban J connectivity index is 2.47. The van der Waals surface area contributed by atoms with Crippen LogP contribution in [-0.2, 0) is 6.42 Å². The number of aromatic nitrogens is 4. The molecule has 72 valence electrons. The van der Waals surface area contributed by atoms with Crippen molar-refractivity contribution in [2.45, 2.75) is 18.1 Å². The Kier molecular flexibility index (Phi) is 2.42. The molecule has 5 nitrogen and oxygen atoms in total. The predicted octanol–water partition coefficient (Wildman–Crippen LogP) is 0.455. The van der Waals surface area contributed by atoms with E-state index in [2.05, 4.69) is 43.7 Å². The zero-order valence-corrected chi connectivity index (χ0v) is 9.60. The Morgan fingerprint density at radius 2 is 2.36 bits per heavy atom. The third-order valence-electron chi connectivity index (χ3n) is 1.84. The van der Waals surface area contributed by atoms with Crippen molar-refractivity contribution >= 4 is 33.8 Å². The van der Waals surface area contributed by atoms with Crippen LogP contribution in [0, 0.1) is 0 Å². The van der Waals surface area contributed by atoms with Gasteiger partial charge in [0.05, 0.1) is 0 Å². The molecule has 0 amide bonds. The Bertz CT molecular complexity index is 450. The first kappa shape index (κ1) is 9.46. The van der Waals surface area contributed by atoms with Crippen molar-refractivity contribution < 1.29 is 0 Å². The van der Waals surface area contributed by atoms with Crippen molar-refractivity contribution in [1.29, 1.82) is 0 Å². The molecular weight excluding hydrogens is 241 g/mol. The zero-order chi connectivity index (χ0) is 10.1. The number of hydrogen-bond acceptors (Lipinski definition) is 4. The molecule has 0 aliphatic rings. The van der Waals surface area contributed by atoms with Crippen LogP contribution in [0.15, 0.2) is 6.33 Å². The summed E-state index contributed by atoms with van der Waals surface area (Å²) in [6.07, 6.45) is 2.37. The predicted molar refractivity (Wildman–Crippen MR) is 55.0 cm³/mol. The molecule has 0 aliphatic heterocycles. The molecular formula is C8H10AsN5. The van der Waals surface area contributed by atoms with Gasteiger partial charge in [-0.3, -0.25) is 0 Å². The first-order valence-electron chi connectivity index (χ1n) is 4.30. The first-order chi connectivity index (χ1) is 6.66. The Morgan fingerprint density at radius 3 is 3.07 bits per heavy atom. The zero-order valence-electron chi connectivity index (χ0n) is 7.73. The van der Waals surface area contributed by atoms with Gasteiger partial charge in [-0.1, -0.05) is 0 Å². The average Bonchev–Trinajstić information content (AvgIpc) is 2.50. The molecule has 0 spiro atoms. The molecule has 3 N–H and O–H groups in total. The molecule has 0 fully saturated rings. The third-order valence-corrected chi connectivity index (χ3v) is 2.22. The fraction of sp³-hybridized carbons (Fsp3) is 0.375. The molecule has 2 aromatic rings. The molecule has 0 bridgehead atoms. The molecule has 2 aromatic heterocycles. The molecule has 14 heavy (non-hydrogen) atoms. The number of nitrogens with one attached hydrogen (secondary N) is 1. The van der Waals surface area contributed by atoms with Crippen molar-refractivity contribution in [3.8, 4) is 0 Å². The number of imidazole rings is 1. The maximum absolute atomic E-state index is 5.75. The number of rotatable bonds is 2. The summed E-state index contributed by atoms with van der Waals surface area (Å²) in [7, 11) is 0. The quantitative estimate of drug-likeness (QED) is 0.759. The Hall–Kier alpha value is -1.09. The number of fused-ring (bicyclic) bond motifs is 1. The number of nitrogens with two attached hydrogens (primary N) is 1. The van der Waals surface area contributed by atoms with Crippen molar-refractivity contribution in [3.05, 3.63) is 12.2 Å². The van der Waals surface area contributed by atoms with Crippen molar-refractivity contribution in [2.24, 2.45) is 0 Å². The molecule has 0 aliphatic carbocycles. The van der Waals surface area contributed by atoms with Crippen molar-refractivity contribution in [1.82, 2.24) is 19.9 Å². The first-order valence-corrected chi connectivity index (χ1v) is 5.38. The Labute approximate surface area is 90.0 Å². The van der Waals surface area contributed by atoms with E-state index in [9.17, 15) is 0 Å². The van der Waals surface area contributed by atoms with Gasteiger partial charge >= 0.3 is 89.7 Å². The van der Waals surface area contributed by atoms with Crippen LogP contribution in [0.5, 0.6) is 0 Å². The summed E-state index contributed by atoms with van der Waals surface area (Å²) in [5.41, 5.74) is 7.10. The van der Waals surface area contributed by atoms with Crippen molar-refractivity contribution in [3.63, 3.8) is 0 Å². The fourth-order valence-corrected chi connectivity index (χ4v) is 1.60. The minimum absolute atomic E-state index is 0.457. The van der Waals surface area contributed by atoms with Gasteiger partial charge in [-0.05, 0) is 0 Å². The van der Waals surface area contributed by atoms with Crippen LogP contribution >= 0.6 is 0 Å². The van der Waals surface area contributed by atoms with E-state index in [0.717, 1.165) is 12.2 Å². The van der Waals surface area contributed by atoms with E-state index in [1.165, 1.54) is 0 Å². The van der Waals surface area contributed by atoms with Gasteiger partial charge in [0.1, 0.15) is 0 Å². The molecule has 0 saturated carbocycles. The standard InChI is InChI=1S/C8H10AsN5/c1-4(9)2-5-13-7(10)6-8(14-5)12-3-11-6/h3-4H,2H2,1H3,(H3,10,11,12,13,14).